The van der Waals surface area contributed by atoms with E-state index in [2.05, 4.69) is 25.8 Å². The fourth-order valence-electron chi connectivity index (χ4n) is 2.48. The number of ether oxygens (including phenoxy) is 2. The molecule has 144 valence electrons. The first-order valence-corrected chi connectivity index (χ1v) is 8.71. The zero-order valence-corrected chi connectivity index (χ0v) is 17.5. The molecule has 0 radical (unpaired) electrons. The molecule has 0 aromatic carbocycles. The van der Waals surface area contributed by atoms with Crippen molar-refractivity contribution in [3.05, 3.63) is 11.7 Å². The average Bonchev–Trinajstić information content (AvgIpc) is 3.24. The van der Waals surface area contributed by atoms with Crippen molar-refractivity contribution in [3.63, 3.8) is 0 Å². The van der Waals surface area contributed by atoms with Gasteiger partial charge in [0, 0.05) is 39.8 Å². The zero-order chi connectivity index (χ0) is 17.0. The van der Waals surface area contributed by atoms with Gasteiger partial charge in [0.15, 0.2) is 11.8 Å². The Morgan fingerprint density at radius 1 is 1.32 bits per heavy atom. The van der Waals surface area contributed by atoms with Crippen LogP contribution >= 0.6 is 24.0 Å². The van der Waals surface area contributed by atoms with Gasteiger partial charge in [-0.3, -0.25) is 4.99 Å². The van der Waals surface area contributed by atoms with Gasteiger partial charge in [0.1, 0.15) is 0 Å². The van der Waals surface area contributed by atoms with E-state index in [9.17, 15) is 0 Å². The molecule has 1 fully saturated rings. The first-order valence-electron chi connectivity index (χ1n) is 8.71. The summed E-state index contributed by atoms with van der Waals surface area (Å²) in [5.74, 6) is 2.16. The Balaban J connectivity index is 0.00000312. The third kappa shape index (κ3) is 9.36. The highest BCUT2D eigenvalue weighted by molar-refractivity contribution is 14.0. The fraction of sp³-hybridized carbons (Fsp3) is 0.812. The lowest BCUT2D eigenvalue weighted by Crippen LogP contribution is -2.38. The monoisotopic (exact) mass is 467 g/mol. The van der Waals surface area contributed by atoms with Gasteiger partial charge < -0.3 is 24.6 Å². The number of nitrogens with one attached hydrogen (secondary N) is 2. The van der Waals surface area contributed by atoms with E-state index in [1.807, 2.05) is 6.92 Å². The van der Waals surface area contributed by atoms with E-state index in [-0.39, 0.29) is 24.0 Å². The Kier molecular flexibility index (Phi) is 11.7. The molecule has 2 heterocycles. The fourth-order valence-corrected chi connectivity index (χ4v) is 2.48. The first-order chi connectivity index (χ1) is 11.8. The van der Waals surface area contributed by atoms with Crippen LogP contribution in [0.15, 0.2) is 9.52 Å². The van der Waals surface area contributed by atoms with Crippen molar-refractivity contribution < 1.29 is 14.0 Å². The molecule has 1 atom stereocenters. The summed E-state index contributed by atoms with van der Waals surface area (Å²) >= 11 is 0. The summed E-state index contributed by atoms with van der Waals surface area (Å²) in [4.78, 5) is 8.38. The number of aryl methyl sites for hydroxylation is 2. The van der Waals surface area contributed by atoms with Crippen molar-refractivity contribution in [3.8, 4) is 0 Å². The number of hydrogen-bond acceptors (Lipinski definition) is 6. The second-order valence-electron chi connectivity index (χ2n) is 5.83. The molecular formula is C16H30IN5O3. The molecule has 0 saturated carbocycles. The van der Waals surface area contributed by atoms with Crippen molar-refractivity contribution in [2.75, 3.05) is 40.0 Å². The van der Waals surface area contributed by atoms with Gasteiger partial charge in [0.05, 0.1) is 12.7 Å². The summed E-state index contributed by atoms with van der Waals surface area (Å²) in [5.41, 5.74) is 0. The maximum atomic E-state index is 5.63. The van der Waals surface area contributed by atoms with Crippen LogP contribution in [0.3, 0.4) is 0 Å². The van der Waals surface area contributed by atoms with Crippen molar-refractivity contribution in [2.24, 2.45) is 4.99 Å². The van der Waals surface area contributed by atoms with Crippen LogP contribution in [0.25, 0.3) is 0 Å². The van der Waals surface area contributed by atoms with Gasteiger partial charge in [-0.05, 0) is 32.6 Å². The molecule has 2 rings (SSSR count). The van der Waals surface area contributed by atoms with Gasteiger partial charge in [-0.25, -0.2) is 0 Å². The quantitative estimate of drug-likeness (QED) is 0.234. The van der Waals surface area contributed by atoms with Gasteiger partial charge in [0.2, 0.25) is 5.89 Å². The van der Waals surface area contributed by atoms with Gasteiger partial charge in [-0.1, -0.05) is 5.16 Å². The van der Waals surface area contributed by atoms with E-state index < -0.39 is 0 Å². The third-order valence-electron chi connectivity index (χ3n) is 3.74. The molecule has 2 N–H and O–H groups in total. The Hall–Kier alpha value is -0.940. The molecule has 8 nitrogen and oxygen atoms in total. The molecule has 0 amide bonds. The van der Waals surface area contributed by atoms with Gasteiger partial charge in [-0.15, -0.1) is 24.0 Å². The number of nitrogens with zero attached hydrogens (tertiary/aromatic N) is 3. The van der Waals surface area contributed by atoms with E-state index in [0.29, 0.717) is 24.4 Å². The SMILES string of the molecule is CN=C(NCCCOCC1CCCO1)NCCCc1nc(C)no1.I. The Bertz CT molecular complexity index is 492. The first kappa shape index (κ1) is 22.1. The zero-order valence-electron chi connectivity index (χ0n) is 15.1. The average molecular weight is 467 g/mol. The molecule has 0 spiro atoms. The molecule has 25 heavy (non-hydrogen) atoms. The number of guanidine groups is 1. The van der Waals surface area contributed by atoms with Crippen LogP contribution in [-0.2, 0) is 15.9 Å². The molecule has 1 aliphatic rings. The van der Waals surface area contributed by atoms with Gasteiger partial charge in [0.25, 0.3) is 0 Å². The summed E-state index contributed by atoms with van der Waals surface area (Å²) in [6, 6.07) is 0. The summed E-state index contributed by atoms with van der Waals surface area (Å²) < 4.78 is 16.2. The second kappa shape index (κ2) is 13.3. The highest BCUT2D eigenvalue weighted by Gasteiger charge is 2.14. The van der Waals surface area contributed by atoms with E-state index in [1.165, 1.54) is 0 Å². The molecule has 1 unspecified atom stereocenters. The van der Waals surface area contributed by atoms with E-state index in [1.54, 1.807) is 7.05 Å². The van der Waals surface area contributed by atoms with E-state index >= 15 is 0 Å². The summed E-state index contributed by atoms with van der Waals surface area (Å²) in [5, 5.41) is 10.3. The van der Waals surface area contributed by atoms with Gasteiger partial charge >= 0.3 is 0 Å². The number of rotatable bonds is 10. The minimum Gasteiger partial charge on any atom is -0.379 e. The summed E-state index contributed by atoms with van der Waals surface area (Å²) in [6.07, 6.45) is 5.19. The van der Waals surface area contributed by atoms with E-state index in [0.717, 1.165) is 64.4 Å². The Labute approximate surface area is 166 Å². The number of hydrogen-bond donors (Lipinski definition) is 2. The smallest absolute Gasteiger partial charge is 0.226 e. The van der Waals surface area contributed by atoms with Crippen LogP contribution in [0.2, 0.25) is 0 Å². The topological polar surface area (TPSA) is 93.8 Å². The van der Waals surface area contributed by atoms with Crippen LogP contribution in [0, 0.1) is 6.92 Å². The highest BCUT2D eigenvalue weighted by Crippen LogP contribution is 2.11. The van der Waals surface area contributed by atoms with Crippen LogP contribution < -0.4 is 10.6 Å². The largest absolute Gasteiger partial charge is 0.379 e. The number of aromatic nitrogens is 2. The second-order valence-corrected chi connectivity index (χ2v) is 5.83. The van der Waals surface area contributed by atoms with Crippen LogP contribution in [0.4, 0.5) is 0 Å². The molecule has 0 bridgehead atoms. The highest BCUT2D eigenvalue weighted by atomic mass is 127. The molecule has 1 saturated heterocycles. The normalized spacial score (nSPS) is 17.4. The maximum Gasteiger partial charge on any atom is 0.226 e. The summed E-state index contributed by atoms with van der Waals surface area (Å²) in [6.45, 7) is 5.78. The van der Waals surface area contributed by atoms with Crippen molar-refractivity contribution in [1.29, 1.82) is 0 Å². The summed E-state index contributed by atoms with van der Waals surface area (Å²) in [7, 11) is 1.77. The van der Waals surface area contributed by atoms with Gasteiger partial charge in [-0.2, -0.15) is 4.98 Å². The molecule has 0 aliphatic carbocycles. The number of aliphatic imine (C=N–C) groups is 1. The lowest BCUT2D eigenvalue weighted by Gasteiger charge is -2.12. The number of halogens is 1. The Morgan fingerprint density at radius 2 is 2.12 bits per heavy atom. The predicted molar refractivity (Wildman–Crippen MR) is 107 cm³/mol. The van der Waals surface area contributed by atoms with Crippen LogP contribution in [0.5, 0.6) is 0 Å². The van der Waals surface area contributed by atoms with E-state index in [4.69, 9.17) is 14.0 Å². The van der Waals surface area contributed by atoms with Crippen molar-refractivity contribution in [2.45, 2.75) is 45.1 Å². The van der Waals surface area contributed by atoms with Crippen LogP contribution in [-0.4, -0.2) is 62.2 Å². The molecule has 9 heteroatoms. The Morgan fingerprint density at radius 3 is 2.76 bits per heavy atom. The molecule has 1 aliphatic heterocycles. The van der Waals surface area contributed by atoms with Crippen molar-refractivity contribution >= 4 is 29.9 Å². The molecule has 1 aromatic rings. The molecular weight excluding hydrogens is 437 g/mol. The lowest BCUT2D eigenvalue weighted by atomic mass is 10.2. The minimum absolute atomic E-state index is 0. The van der Waals surface area contributed by atoms with Crippen LogP contribution in [0.1, 0.15) is 37.4 Å². The van der Waals surface area contributed by atoms with Crippen molar-refractivity contribution in [1.82, 2.24) is 20.8 Å². The third-order valence-corrected chi connectivity index (χ3v) is 3.74. The lowest BCUT2D eigenvalue weighted by molar-refractivity contribution is 0.0168. The maximum absolute atomic E-state index is 5.63. The standard InChI is InChI=1S/C16H29N5O3.HI/c1-13-20-15(24-21-13)7-3-8-18-16(17-2)19-9-5-10-22-12-14-6-4-11-23-14;/h14H,3-12H2,1-2H3,(H2,17,18,19);1H. The predicted octanol–water partition coefficient (Wildman–Crippen LogP) is 1.68. The molecule has 1 aromatic heterocycles. The minimum atomic E-state index is 0.